The van der Waals surface area contributed by atoms with Gasteiger partial charge in [0.2, 0.25) is 6.08 Å². The molecule has 0 aromatic carbocycles. The highest BCUT2D eigenvalue weighted by atomic mass is 16.3. The van der Waals surface area contributed by atoms with Gasteiger partial charge in [-0.05, 0) is 43.9 Å². The number of hydrogen-bond donors (Lipinski definition) is 1. The summed E-state index contributed by atoms with van der Waals surface area (Å²) in [6, 6.07) is 0. The van der Waals surface area contributed by atoms with E-state index in [9.17, 15) is 9.90 Å². The van der Waals surface area contributed by atoms with E-state index in [0.29, 0.717) is 18.3 Å². The summed E-state index contributed by atoms with van der Waals surface area (Å²) >= 11 is 0. The Hall–Kier alpha value is -0.660. The van der Waals surface area contributed by atoms with Gasteiger partial charge in [-0.2, -0.15) is 4.99 Å². The topological polar surface area (TPSA) is 49.7 Å². The molecule has 3 heteroatoms. The van der Waals surface area contributed by atoms with Gasteiger partial charge >= 0.3 is 0 Å². The third-order valence-corrected chi connectivity index (χ3v) is 4.28. The Balaban J connectivity index is 2.00. The lowest BCUT2D eigenvalue weighted by molar-refractivity contribution is -0.132. The molecule has 14 heavy (non-hydrogen) atoms. The molecule has 4 aliphatic carbocycles. The second-order valence-corrected chi connectivity index (χ2v) is 5.61. The molecule has 0 saturated heterocycles. The van der Waals surface area contributed by atoms with Crippen molar-refractivity contribution in [3.05, 3.63) is 0 Å². The van der Waals surface area contributed by atoms with E-state index < -0.39 is 5.60 Å². The summed E-state index contributed by atoms with van der Waals surface area (Å²) in [6.07, 6.45) is 7.50. The van der Waals surface area contributed by atoms with Crippen molar-refractivity contribution in [1.29, 1.82) is 0 Å². The number of isocyanates is 1. The normalized spacial score (nSPS) is 54.4. The number of aliphatic imine (C=N–C) groups is 1. The molecular weight excluding hydrogens is 178 g/mol. The fraction of sp³-hybridized carbons (Fsp3) is 0.909. The van der Waals surface area contributed by atoms with Crippen molar-refractivity contribution in [3.63, 3.8) is 0 Å². The molecule has 4 bridgehead atoms. The van der Waals surface area contributed by atoms with E-state index in [0.717, 1.165) is 25.7 Å². The van der Waals surface area contributed by atoms with Gasteiger partial charge in [0, 0.05) is 6.42 Å². The molecule has 0 amide bonds. The lowest BCUT2D eigenvalue weighted by Gasteiger charge is -2.58. The van der Waals surface area contributed by atoms with E-state index in [4.69, 9.17) is 0 Å². The maximum absolute atomic E-state index is 10.4. The summed E-state index contributed by atoms with van der Waals surface area (Å²) in [6.45, 7) is 0. The van der Waals surface area contributed by atoms with Gasteiger partial charge in [0.15, 0.2) is 0 Å². The minimum Gasteiger partial charge on any atom is -0.390 e. The van der Waals surface area contributed by atoms with Crippen molar-refractivity contribution in [2.24, 2.45) is 16.8 Å². The number of nitrogens with zero attached hydrogens (tertiary/aromatic N) is 1. The van der Waals surface area contributed by atoms with Crippen LogP contribution in [0.3, 0.4) is 0 Å². The molecule has 0 aromatic heterocycles. The molecule has 76 valence electrons. The first kappa shape index (κ1) is 8.63. The first-order valence-corrected chi connectivity index (χ1v) is 5.45. The van der Waals surface area contributed by atoms with E-state index in [2.05, 4.69) is 4.99 Å². The molecule has 1 N–H and O–H groups in total. The van der Waals surface area contributed by atoms with Gasteiger partial charge in [0.05, 0.1) is 11.1 Å². The van der Waals surface area contributed by atoms with E-state index in [1.807, 2.05) is 0 Å². The van der Waals surface area contributed by atoms with Gasteiger partial charge in [0.1, 0.15) is 0 Å². The van der Waals surface area contributed by atoms with Crippen molar-refractivity contribution < 1.29 is 9.90 Å². The van der Waals surface area contributed by atoms with Gasteiger partial charge in [0.25, 0.3) is 0 Å². The van der Waals surface area contributed by atoms with Gasteiger partial charge in [-0.1, -0.05) is 0 Å². The molecule has 4 fully saturated rings. The number of rotatable bonds is 1. The van der Waals surface area contributed by atoms with Crippen molar-refractivity contribution in [2.45, 2.75) is 49.7 Å². The van der Waals surface area contributed by atoms with Crippen molar-refractivity contribution in [3.8, 4) is 0 Å². The number of carbonyl (C=O) groups excluding carboxylic acids is 1. The van der Waals surface area contributed by atoms with Crippen LogP contribution in [0.5, 0.6) is 0 Å². The summed E-state index contributed by atoms with van der Waals surface area (Å²) in [5.41, 5.74) is -0.745. The molecule has 0 spiro atoms. The lowest BCUT2D eigenvalue weighted by Crippen LogP contribution is -2.58. The standard InChI is InChI=1S/C11H15NO2/c13-7-12-10-2-8-1-9(3-10)5-11(14,4-8)6-10/h8-9,14H,1-6H2. The largest absolute Gasteiger partial charge is 0.390 e. The average molecular weight is 193 g/mol. The average Bonchev–Trinajstić information content (AvgIpc) is 1.97. The third-order valence-electron chi connectivity index (χ3n) is 4.28. The summed E-state index contributed by atoms with van der Waals surface area (Å²) in [4.78, 5) is 14.4. The molecule has 0 aromatic rings. The second-order valence-electron chi connectivity index (χ2n) is 5.61. The maximum Gasteiger partial charge on any atom is 0.235 e. The van der Waals surface area contributed by atoms with E-state index in [-0.39, 0.29) is 5.54 Å². The Morgan fingerprint density at radius 3 is 2.36 bits per heavy atom. The SMILES string of the molecule is O=C=NC12CC3CC(CC(O)(C3)C1)C2. The number of aliphatic hydroxyl groups is 1. The first-order valence-electron chi connectivity index (χ1n) is 5.45. The molecule has 4 rings (SSSR count). The minimum atomic E-state index is -0.509. The van der Waals surface area contributed by atoms with E-state index in [1.165, 1.54) is 6.42 Å². The predicted octanol–water partition coefficient (Wildman–Crippen LogP) is 1.41. The summed E-state index contributed by atoms with van der Waals surface area (Å²) in [5, 5.41) is 10.3. The smallest absolute Gasteiger partial charge is 0.235 e. The molecule has 3 nitrogen and oxygen atoms in total. The Kier molecular flexibility index (Phi) is 1.52. The van der Waals surface area contributed by atoms with Gasteiger partial charge in [-0.3, -0.25) is 0 Å². The van der Waals surface area contributed by atoms with E-state index in [1.54, 1.807) is 6.08 Å². The van der Waals surface area contributed by atoms with Gasteiger partial charge in [-0.15, -0.1) is 0 Å². The third kappa shape index (κ3) is 1.09. The highest BCUT2D eigenvalue weighted by molar-refractivity contribution is 5.36. The van der Waals surface area contributed by atoms with Crippen LogP contribution in [0.15, 0.2) is 4.99 Å². The van der Waals surface area contributed by atoms with Crippen LogP contribution in [-0.4, -0.2) is 22.3 Å². The minimum absolute atomic E-state index is 0.236. The zero-order chi connectivity index (χ0) is 9.81. The molecule has 0 aliphatic heterocycles. The Labute approximate surface area is 83.2 Å². The maximum atomic E-state index is 10.4. The molecule has 2 unspecified atom stereocenters. The van der Waals surface area contributed by atoms with Crippen LogP contribution < -0.4 is 0 Å². The molecule has 0 heterocycles. The summed E-state index contributed by atoms with van der Waals surface area (Å²) in [5.74, 6) is 1.19. The second kappa shape index (κ2) is 2.47. The van der Waals surface area contributed by atoms with Gasteiger partial charge in [-0.25, -0.2) is 4.79 Å². The van der Waals surface area contributed by atoms with Crippen molar-refractivity contribution in [1.82, 2.24) is 0 Å². The highest BCUT2D eigenvalue weighted by Gasteiger charge is 2.57. The fourth-order valence-electron chi connectivity index (χ4n) is 4.39. The fourth-order valence-corrected chi connectivity index (χ4v) is 4.39. The molecule has 4 aliphatic rings. The zero-order valence-electron chi connectivity index (χ0n) is 8.20. The predicted molar refractivity (Wildman–Crippen MR) is 50.5 cm³/mol. The van der Waals surface area contributed by atoms with Crippen LogP contribution in [-0.2, 0) is 4.79 Å². The number of hydrogen-bond acceptors (Lipinski definition) is 3. The lowest BCUT2D eigenvalue weighted by atomic mass is 9.51. The Bertz CT molecular complexity index is 305. The first-order chi connectivity index (χ1) is 6.63. The van der Waals surface area contributed by atoms with Crippen molar-refractivity contribution in [2.75, 3.05) is 0 Å². The Morgan fingerprint density at radius 2 is 1.86 bits per heavy atom. The van der Waals surface area contributed by atoms with Crippen LogP contribution in [0.4, 0.5) is 0 Å². The van der Waals surface area contributed by atoms with Crippen LogP contribution in [0, 0.1) is 11.8 Å². The monoisotopic (exact) mass is 193 g/mol. The van der Waals surface area contributed by atoms with Crippen LogP contribution in [0.1, 0.15) is 38.5 Å². The summed E-state index contributed by atoms with van der Waals surface area (Å²) < 4.78 is 0. The van der Waals surface area contributed by atoms with Crippen LogP contribution in [0.25, 0.3) is 0 Å². The molecule has 0 radical (unpaired) electrons. The van der Waals surface area contributed by atoms with Gasteiger partial charge < -0.3 is 5.11 Å². The van der Waals surface area contributed by atoms with E-state index >= 15 is 0 Å². The molecular formula is C11H15NO2. The Morgan fingerprint density at radius 1 is 1.21 bits per heavy atom. The van der Waals surface area contributed by atoms with Crippen LogP contribution >= 0.6 is 0 Å². The van der Waals surface area contributed by atoms with Crippen molar-refractivity contribution >= 4 is 6.08 Å². The molecule has 4 saturated carbocycles. The zero-order valence-corrected chi connectivity index (χ0v) is 8.20. The highest BCUT2D eigenvalue weighted by Crippen LogP contribution is 2.58. The quantitative estimate of drug-likeness (QED) is 0.505. The summed E-state index contributed by atoms with van der Waals surface area (Å²) in [7, 11) is 0. The molecule has 2 atom stereocenters. The van der Waals surface area contributed by atoms with Crippen LogP contribution in [0.2, 0.25) is 0 Å².